The van der Waals surface area contributed by atoms with Crippen molar-refractivity contribution in [2.45, 2.75) is 0 Å². The Bertz CT molecular complexity index is 1250. The van der Waals surface area contributed by atoms with Crippen LogP contribution < -0.4 is 0 Å². The van der Waals surface area contributed by atoms with Gasteiger partial charge in [0.1, 0.15) is 0 Å². The van der Waals surface area contributed by atoms with Gasteiger partial charge in [-0.05, 0) is 35.0 Å². The summed E-state index contributed by atoms with van der Waals surface area (Å²) in [6.45, 7) is 0. The first-order valence-electron chi connectivity index (χ1n) is 7.46. The lowest BCUT2D eigenvalue weighted by Gasteiger charge is -2.11. The quantitative estimate of drug-likeness (QED) is 0.208. The van der Waals surface area contributed by atoms with Crippen molar-refractivity contribution >= 4 is 84.6 Å². The zero-order valence-corrected chi connectivity index (χ0v) is 13.1. The third-order valence-corrected chi connectivity index (χ3v) is 7.40. The van der Waals surface area contributed by atoms with E-state index in [1.165, 1.54) is 61.9 Å². The van der Waals surface area contributed by atoms with Gasteiger partial charge in [0.15, 0.2) is 0 Å². The number of benzene rings is 5. The van der Waals surface area contributed by atoms with Crippen molar-refractivity contribution < 1.29 is 0 Å². The summed E-state index contributed by atoms with van der Waals surface area (Å²) in [5.41, 5.74) is 0. The molecule has 2 aromatic heterocycles. The normalized spacial score (nSPS) is 13.5. The van der Waals surface area contributed by atoms with Crippen LogP contribution in [-0.2, 0) is 0 Å². The molecule has 0 aliphatic rings. The molecule has 0 spiro atoms. The fourth-order valence-electron chi connectivity index (χ4n) is 4.33. The Balaban J connectivity index is 2.15. The van der Waals surface area contributed by atoms with Crippen LogP contribution in [0.25, 0.3) is 61.9 Å². The Labute approximate surface area is 133 Å². The minimum Gasteiger partial charge on any atom is -0.135 e. The molecule has 0 nitrogen and oxygen atoms in total. The second-order valence-electron chi connectivity index (χ2n) is 6.16. The van der Waals surface area contributed by atoms with Gasteiger partial charge >= 0.3 is 0 Å². The first-order chi connectivity index (χ1) is 10.9. The van der Waals surface area contributed by atoms with Crippen molar-refractivity contribution in [1.29, 1.82) is 0 Å². The maximum atomic E-state index is 2.30. The van der Waals surface area contributed by atoms with Gasteiger partial charge in [0.25, 0.3) is 0 Å². The third-order valence-electron chi connectivity index (χ3n) is 5.16. The molecule has 0 atom stereocenters. The van der Waals surface area contributed by atoms with Gasteiger partial charge in [-0.25, -0.2) is 0 Å². The lowest BCUT2D eigenvalue weighted by Crippen LogP contribution is -1.84. The lowest BCUT2D eigenvalue weighted by molar-refractivity contribution is 1.92. The molecule has 7 rings (SSSR count). The largest absolute Gasteiger partial charge is 0.135 e. The first kappa shape index (κ1) is 10.5. The number of hydrogen-bond acceptors (Lipinski definition) is 2. The van der Waals surface area contributed by atoms with Crippen LogP contribution in [0, 0.1) is 0 Å². The van der Waals surface area contributed by atoms with Crippen molar-refractivity contribution in [2.75, 3.05) is 0 Å². The van der Waals surface area contributed by atoms with Gasteiger partial charge in [-0.15, -0.1) is 22.7 Å². The summed E-state index contributed by atoms with van der Waals surface area (Å²) in [5, 5.41) is 11.7. The Morgan fingerprint density at radius 2 is 0.682 bits per heavy atom. The van der Waals surface area contributed by atoms with E-state index in [2.05, 4.69) is 48.5 Å². The van der Waals surface area contributed by atoms with Crippen molar-refractivity contribution in [1.82, 2.24) is 0 Å². The van der Waals surface area contributed by atoms with Crippen molar-refractivity contribution in [3.8, 4) is 0 Å². The molecule has 22 heavy (non-hydrogen) atoms. The lowest BCUT2D eigenvalue weighted by atomic mass is 9.90. The molecule has 0 radical (unpaired) electrons. The molecule has 0 aliphatic carbocycles. The molecule has 2 heterocycles. The molecule has 7 aromatic rings. The Morgan fingerprint density at radius 3 is 1.00 bits per heavy atom. The van der Waals surface area contributed by atoms with Gasteiger partial charge in [0, 0.05) is 51.1 Å². The Kier molecular flexibility index (Phi) is 1.50. The highest BCUT2D eigenvalue weighted by Gasteiger charge is 2.22. The maximum absolute atomic E-state index is 2.30. The van der Waals surface area contributed by atoms with Crippen molar-refractivity contribution in [3.05, 3.63) is 48.5 Å². The van der Waals surface area contributed by atoms with Crippen LogP contribution in [-0.4, -0.2) is 0 Å². The molecule has 0 N–H and O–H groups in total. The molecule has 0 saturated carbocycles. The van der Waals surface area contributed by atoms with Crippen LogP contribution in [0.15, 0.2) is 48.5 Å². The van der Waals surface area contributed by atoms with E-state index < -0.39 is 0 Å². The summed E-state index contributed by atoms with van der Waals surface area (Å²) in [4.78, 5) is 0. The van der Waals surface area contributed by atoms with E-state index in [0.29, 0.717) is 0 Å². The average Bonchev–Trinajstić information content (AvgIpc) is 3.12. The fraction of sp³-hybridized carbons (Fsp3) is 0. The van der Waals surface area contributed by atoms with Gasteiger partial charge in [-0.2, -0.15) is 0 Å². The molecule has 2 heteroatoms. The van der Waals surface area contributed by atoms with E-state index >= 15 is 0 Å². The second kappa shape index (κ2) is 3.12. The minimum absolute atomic E-state index is 1.38. The topological polar surface area (TPSA) is 0 Å². The van der Waals surface area contributed by atoms with Crippen LogP contribution in [0.3, 0.4) is 0 Å². The first-order valence-corrected chi connectivity index (χ1v) is 9.09. The van der Waals surface area contributed by atoms with Crippen LogP contribution >= 0.6 is 22.7 Å². The molecule has 0 unspecified atom stereocenters. The molecule has 0 aliphatic heterocycles. The average molecular weight is 312 g/mol. The van der Waals surface area contributed by atoms with Gasteiger partial charge in [-0.3, -0.25) is 0 Å². The summed E-state index contributed by atoms with van der Waals surface area (Å²) in [7, 11) is 0. The van der Waals surface area contributed by atoms with Gasteiger partial charge in [0.2, 0.25) is 0 Å². The summed E-state index contributed by atoms with van der Waals surface area (Å²) >= 11 is 3.87. The van der Waals surface area contributed by atoms with E-state index in [-0.39, 0.29) is 0 Å². The van der Waals surface area contributed by atoms with Crippen LogP contribution in [0.4, 0.5) is 0 Å². The molecule has 0 bridgehead atoms. The monoisotopic (exact) mass is 312 g/mol. The Morgan fingerprint density at radius 1 is 0.364 bits per heavy atom. The summed E-state index contributed by atoms with van der Waals surface area (Å²) in [6.07, 6.45) is 0. The molecule has 100 valence electrons. The highest BCUT2D eigenvalue weighted by Crippen LogP contribution is 2.52. The van der Waals surface area contributed by atoms with Crippen LogP contribution in [0.1, 0.15) is 0 Å². The predicted octanol–water partition coefficient (Wildman–Crippen LogP) is 7.04. The van der Waals surface area contributed by atoms with Crippen molar-refractivity contribution in [3.63, 3.8) is 0 Å². The van der Waals surface area contributed by atoms with E-state index in [1.54, 1.807) is 0 Å². The zero-order chi connectivity index (χ0) is 14.0. The second-order valence-corrected chi connectivity index (χ2v) is 8.32. The van der Waals surface area contributed by atoms with Gasteiger partial charge in [0.05, 0.1) is 0 Å². The summed E-state index contributed by atoms with van der Waals surface area (Å²) in [6, 6.07) is 18.4. The van der Waals surface area contributed by atoms with Crippen molar-refractivity contribution in [2.24, 2.45) is 0 Å². The number of rotatable bonds is 0. The number of hydrogen-bond donors (Lipinski definition) is 0. The Hall–Kier alpha value is -2.16. The van der Waals surface area contributed by atoms with Gasteiger partial charge in [-0.1, -0.05) is 24.3 Å². The molecular formula is C20H8S2. The van der Waals surface area contributed by atoms with E-state index in [0.717, 1.165) is 0 Å². The molecule has 0 fully saturated rings. The molecule has 0 amide bonds. The standard InChI is InChI=1S/C20H8S2/c1-5-11-17-15-9(1)2-6-12-18(15)20-14(22-12)8-4-10-3-7-13(21-11)19(17)16(10)20/h1-8H. The predicted molar refractivity (Wildman–Crippen MR) is 101 cm³/mol. The highest BCUT2D eigenvalue weighted by atomic mass is 32.1. The molecule has 5 aromatic carbocycles. The van der Waals surface area contributed by atoms with E-state index in [4.69, 9.17) is 0 Å². The van der Waals surface area contributed by atoms with E-state index in [9.17, 15) is 0 Å². The van der Waals surface area contributed by atoms with E-state index in [1.807, 2.05) is 22.7 Å². The molecule has 0 saturated heterocycles. The molecular weight excluding hydrogens is 304 g/mol. The van der Waals surface area contributed by atoms with Gasteiger partial charge < -0.3 is 0 Å². The third kappa shape index (κ3) is 0.928. The maximum Gasteiger partial charge on any atom is 0.0362 e. The van der Waals surface area contributed by atoms with Crippen LogP contribution in [0.5, 0.6) is 0 Å². The SMILES string of the molecule is c1cc2sc3ccc4ccc5sc6ccc1c1c2c3c4c5c61. The summed E-state index contributed by atoms with van der Waals surface area (Å²) in [5.74, 6) is 0. The summed E-state index contributed by atoms with van der Waals surface area (Å²) < 4.78 is 5.71. The zero-order valence-electron chi connectivity index (χ0n) is 11.4. The fourth-order valence-corrected chi connectivity index (χ4v) is 6.57. The minimum atomic E-state index is 1.38. The number of thiophene rings is 2. The highest BCUT2D eigenvalue weighted by molar-refractivity contribution is 7.27. The smallest absolute Gasteiger partial charge is 0.0362 e. The van der Waals surface area contributed by atoms with Crippen LogP contribution in [0.2, 0.25) is 0 Å².